The van der Waals surface area contributed by atoms with Crippen molar-refractivity contribution in [2.24, 2.45) is 12.8 Å². The zero-order valence-corrected chi connectivity index (χ0v) is 12.0. The molecule has 0 aliphatic carbocycles. The fourth-order valence-corrected chi connectivity index (χ4v) is 2.02. The van der Waals surface area contributed by atoms with Crippen LogP contribution >= 0.6 is 0 Å². The van der Waals surface area contributed by atoms with Gasteiger partial charge in [-0.3, -0.25) is 14.2 Å². The lowest BCUT2D eigenvalue weighted by Gasteiger charge is -2.13. The Kier molecular flexibility index (Phi) is 4.07. The van der Waals surface area contributed by atoms with Crippen molar-refractivity contribution in [2.45, 2.75) is 32.9 Å². The third kappa shape index (κ3) is 2.81. The van der Waals surface area contributed by atoms with E-state index >= 15 is 0 Å². The Morgan fingerprint density at radius 3 is 2.90 bits per heavy atom. The fourth-order valence-electron chi connectivity index (χ4n) is 2.02. The maximum absolute atomic E-state index is 11.2. The van der Waals surface area contributed by atoms with Crippen molar-refractivity contribution in [3.63, 3.8) is 0 Å². The van der Waals surface area contributed by atoms with E-state index in [0.29, 0.717) is 24.1 Å². The number of rotatable bonds is 6. The number of anilines is 1. The molecule has 108 valence electrons. The van der Waals surface area contributed by atoms with E-state index < -0.39 is 5.91 Å². The van der Waals surface area contributed by atoms with Crippen LogP contribution in [0, 0.1) is 0 Å². The van der Waals surface area contributed by atoms with E-state index in [2.05, 4.69) is 29.4 Å². The second kappa shape index (κ2) is 5.77. The number of aromatic nitrogens is 4. The summed E-state index contributed by atoms with van der Waals surface area (Å²) in [5, 5.41) is 11.7. The smallest absolute Gasteiger partial charge is 0.267 e. The number of hydrogen-bond donors (Lipinski definition) is 2. The number of amides is 1. The molecule has 2 rings (SSSR count). The van der Waals surface area contributed by atoms with E-state index in [1.165, 1.54) is 4.68 Å². The zero-order valence-electron chi connectivity index (χ0n) is 12.0. The van der Waals surface area contributed by atoms with Gasteiger partial charge in [-0.1, -0.05) is 6.92 Å². The maximum Gasteiger partial charge on any atom is 0.267 e. The van der Waals surface area contributed by atoms with E-state index in [1.54, 1.807) is 19.3 Å². The fraction of sp³-hybridized carbons (Fsp3) is 0.462. The molecule has 0 fully saturated rings. The molecule has 0 unspecified atom stereocenters. The van der Waals surface area contributed by atoms with Crippen LogP contribution in [-0.2, 0) is 13.6 Å². The van der Waals surface area contributed by atoms with E-state index in [0.717, 1.165) is 12.1 Å². The molecule has 7 heteroatoms. The van der Waals surface area contributed by atoms with Gasteiger partial charge in [0.25, 0.3) is 5.91 Å². The van der Waals surface area contributed by atoms with Gasteiger partial charge in [0.05, 0.1) is 12.2 Å². The Hall–Kier alpha value is -2.31. The molecule has 0 saturated heterocycles. The van der Waals surface area contributed by atoms with E-state index in [1.807, 2.05) is 10.7 Å². The van der Waals surface area contributed by atoms with Gasteiger partial charge in [-0.05, 0) is 19.4 Å². The van der Waals surface area contributed by atoms with Crippen molar-refractivity contribution < 1.29 is 4.79 Å². The molecular weight excluding hydrogens is 256 g/mol. The molecule has 0 radical (unpaired) electrons. The van der Waals surface area contributed by atoms with E-state index in [-0.39, 0.29) is 0 Å². The predicted molar refractivity (Wildman–Crippen MR) is 76.3 cm³/mol. The predicted octanol–water partition coefficient (Wildman–Crippen LogP) is 1.30. The zero-order chi connectivity index (χ0) is 14.7. The average Bonchev–Trinajstić information content (AvgIpc) is 3.01. The van der Waals surface area contributed by atoms with Crippen molar-refractivity contribution in [1.29, 1.82) is 0 Å². The number of carbonyl (C=O) groups is 1. The maximum atomic E-state index is 11.2. The van der Waals surface area contributed by atoms with Crippen LogP contribution in [0.1, 0.15) is 42.5 Å². The SMILES string of the molecule is CC[C@H](C)n1nccc1CNc1cc(C(N)=O)n(C)n1. The number of hydrogen-bond acceptors (Lipinski definition) is 4. The van der Waals surface area contributed by atoms with Crippen LogP contribution in [0.25, 0.3) is 0 Å². The minimum Gasteiger partial charge on any atom is -0.364 e. The summed E-state index contributed by atoms with van der Waals surface area (Å²) in [4.78, 5) is 11.2. The molecule has 1 atom stereocenters. The molecule has 2 aromatic heterocycles. The number of carbonyl (C=O) groups excluding carboxylic acids is 1. The highest BCUT2D eigenvalue weighted by atomic mass is 16.1. The lowest BCUT2D eigenvalue weighted by Crippen LogP contribution is -2.15. The molecule has 2 heterocycles. The lowest BCUT2D eigenvalue weighted by molar-refractivity contribution is 0.0991. The Bertz CT molecular complexity index is 600. The van der Waals surface area contributed by atoms with Crippen molar-refractivity contribution in [1.82, 2.24) is 19.6 Å². The molecule has 7 nitrogen and oxygen atoms in total. The molecule has 0 aromatic carbocycles. The van der Waals surface area contributed by atoms with Crippen LogP contribution in [0.4, 0.5) is 5.82 Å². The molecule has 0 aliphatic heterocycles. The molecule has 0 aliphatic rings. The monoisotopic (exact) mass is 276 g/mol. The van der Waals surface area contributed by atoms with Gasteiger partial charge in [0.15, 0.2) is 0 Å². The number of primary amides is 1. The van der Waals surface area contributed by atoms with Gasteiger partial charge in [0.2, 0.25) is 0 Å². The molecule has 20 heavy (non-hydrogen) atoms. The first kappa shape index (κ1) is 14.1. The summed E-state index contributed by atoms with van der Waals surface area (Å²) in [5.41, 5.74) is 6.71. The lowest BCUT2D eigenvalue weighted by atomic mass is 10.2. The summed E-state index contributed by atoms with van der Waals surface area (Å²) in [6.45, 7) is 4.85. The Morgan fingerprint density at radius 2 is 2.30 bits per heavy atom. The summed E-state index contributed by atoms with van der Waals surface area (Å²) in [7, 11) is 1.69. The summed E-state index contributed by atoms with van der Waals surface area (Å²) in [6, 6.07) is 3.97. The third-order valence-corrected chi connectivity index (χ3v) is 3.34. The molecule has 0 bridgehead atoms. The van der Waals surface area contributed by atoms with Gasteiger partial charge in [0, 0.05) is 25.4 Å². The molecular formula is C13H20N6O. The minimum atomic E-state index is -0.488. The standard InChI is InChI=1S/C13H20N6O/c1-4-9(2)19-10(5-6-16-19)8-15-12-7-11(13(14)20)18(3)17-12/h5-7,9H,4,8H2,1-3H3,(H2,14,20)(H,15,17)/t9-/m0/s1. The van der Waals surface area contributed by atoms with Gasteiger partial charge in [0.1, 0.15) is 11.5 Å². The van der Waals surface area contributed by atoms with E-state index in [4.69, 9.17) is 5.73 Å². The first-order valence-corrected chi connectivity index (χ1v) is 6.63. The molecule has 0 saturated carbocycles. The van der Waals surface area contributed by atoms with Crippen molar-refractivity contribution in [3.05, 3.63) is 29.7 Å². The normalized spacial score (nSPS) is 12.3. The molecule has 1 amide bonds. The van der Waals surface area contributed by atoms with Gasteiger partial charge in [-0.2, -0.15) is 10.2 Å². The Morgan fingerprint density at radius 1 is 1.55 bits per heavy atom. The second-order valence-corrected chi connectivity index (χ2v) is 4.78. The first-order chi connectivity index (χ1) is 9.52. The van der Waals surface area contributed by atoms with Crippen molar-refractivity contribution in [3.8, 4) is 0 Å². The highest BCUT2D eigenvalue weighted by Crippen LogP contribution is 2.14. The van der Waals surface area contributed by atoms with Crippen LogP contribution < -0.4 is 11.1 Å². The second-order valence-electron chi connectivity index (χ2n) is 4.78. The minimum absolute atomic E-state index is 0.353. The van der Waals surface area contributed by atoms with Gasteiger partial charge in [-0.25, -0.2) is 0 Å². The largest absolute Gasteiger partial charge is 0.364 e. The van der Waals surface area contributed by atoms with Crippen LogP contribution in [0.15, 0.2) is 18.3 Å². The summed E-state index contributed by atoms with van der Waals surface area (Å²) < 4.78 is 3.46. The highest BCUT2D eigenvalue weighted by Gasteiger charge is 2.11. The van der Waals surface area contributed by atoms with Crippen LogP contribution in [0.2, 0.25) is 0 Å². The first-order valence-electron chi connectivity index (χ1n) is 6.63. The number of nitrogens with one attached hydrogen (secondary N) is 1. The van der Waals surface area contributed by atoms with Gasteiger partial charge < -0.3 is 11.1 Å². The number of nitrogens with two attached hydrogens (primary N) is 1. The Balaban J connectivity index is 2.08. The number of nitrogens with zero attached hydrogens (tertiary/aromatic N) is 4. The Labute approximate surface area is 117 Å². The van der Waals surface area contributed by atoms with Crippen LogP contribution in [-0.4, -0.2) is 25.5 Å². The number of aryl methyl sites for hydroxylation is 1. The topological polar surface area (TPSA) is 90.8 Å². The van der Waals surface area contributed by atoms with Crippen molar-refractivity contribution in [2.75, 3.05) is 5.32 Å². The summed E-state index contributed by atoms with van der Waals surface area (Å²) in [6.07, 6.45) is 2.81. The van der Waals surface area contributed by atoms with Crippen LogP contribution in [0.5, 0.6) is 0 Å². The molecule has 3 N–H and O–H groups in total. The quantitative estimate of drug-likeness (QED) is 0.832. The van der Waals surface area contributed by atoms with Gasteiger partial charge >= 0.3 is 0 Å². The molecule has 2 aromatic rings. The molecule has 0 spiro atoms. The van der Waals surface area contributed by atoms with Crippen molar-refractivity contribution >= 4 is 11.7 Å². The van der Waals surface area contributed by atoms with E-state index in [9.17, 15) is 4.79 Å². The average molecular weight is 276 g/mol. The van der Waals surface area contributed by atoms with Crippen LogP contribution in [0.3, 0.4) is 0 Å². The highest BCUT2D eigenvalue weighted by molar-refractivity contribution is 5.91. The summed E-state index contributed by atoms with van der Waals surface area (Å²) in [5.74, 6) is 0.135. The summed E-state index contributed by atoms with van der Waals surface area (Å²) >= 11 is 0. The van der Waals surface area contributed by atoms with Gasteiger partial charge in [-0.15, -0.1) is 0 Å². The third-order valence-electron chi connectivity index (χ3n) is 3.34.